The Bertz CT molecular complexity index is 430. The van der Waals surface area contributed by atoms with Gasteiger partial charge in [-0.3, -0.25) is 4.79 Å². The normalized spacial score (nSPS) is 15.5. The van der Waals surface area contributed by atoms with Crippen molar-refractivity contribution in [1.29, 1.82) is 0 Å². The van der Waals surface area contributed by atoms with Crippen LogP contribution in [0.15, 0.2) is 18.3 Å². The van der Waals surface area contributed by atoms with Gasteiger partial charge in [0.05, 0.1) is 13.7 Å². The van der Waals surface area contributed by atoms with Gasteiger partial charge in [-0.2, -0.15) is 0 Å². The maximum atomic E-state index is 12.6. The largest absolute Gasteiger partial charge is 0.480 e. The lowest BCUT2D eigenvalue weighted by Crippen LogP contribution is -2.40. The summed E-state index contributed by atoms with van der Waals surface area (Å²) < 4.78 is 5.14. The van der Waals surface area contributed by atoms with E-state index in [0.29, 0.717) is 18.0 Å². The highest BCUT2D eigenvalue weighted by Crippen LogP contribution is 2.26. The topological polar surface area (TPSA) is 62.7 Å². The molecule has 1 N–H and O–H groups in total. The fourth-order valence-corrected chi connectivity index (χ4v) is 2.64. The van der Waals surface area contributed by atoms with Gasteiger partial charge in [0, 0.05) is 18.8 Å². The molecule has 0 radical (unpaired) electrons. The van der Waals surface area contributed by atoms with Crippen LogP contribution in [0.5, 0.6) is 5.88 Å². The second-order valence-corrected chi connectivity index (χ2v) is 4.72. The molecule has 0 spiro atoms. The molecule has 1 aliphatic rings. The average Bonchev–Trinajstić information content (AvgIpc) is 2.98. The van der Waals surface area contributed by atoms with E-state index < -0.39 is 0 Å². The number of carbonyl (C=O) groups is 1. The summed E-state index contributed by atoms with van der Waals surface area (Å²) in [5.74, 6) is 0.235. The van der Waals surface area contributed by atoms with Crippen LogP contribution in [0.1, 0.15) is 36.0 Å². The highest BCUT2D eigenvalue weighted by atomic mass is 16.5. The molecular weight excluding hydrogens is 244 g/mol. The number of hydrogen-bond acceptors (Lipinski definition) is 4. The molecule has 19 heavy (non-hydrogen) atoms. The number of methoxy groups -OCH3 is 1. The smallest absolute Gasteiger partial charge is 0.259 e. The second kappa shape index (κ2) is 6.52. The first-order valence-corrected chi connectivity index (χ1v) is 6.68. The van der Waals surface area contributed by atoms with Crippen molar-refractivity contribution < 1.29 is 14.6 Å². The SMILES string of the molecule is COc1ncccc1C(=O)N(CCO)C1CCCC1. The number of rotatable bonds is 5. The molecule has 0 bridgehead atoms. The van der Waals surface area contributed by atoms with Gasteiger partial charge < -0.3 is 14.7 Å². The molecule has 0 unspecified atom stereocenters. The summed E-state index contributed by atoms with van der Waals surface area (Å²) in [6.45, 7) is 0.340. The van der Waals surface area contributed by atoms with Gasteiger partial charge >= 0.3 is 0 Å². The molecular formula is C14H20N2O3. The standard InChI is InChI=1S/C14H20N2O3/c1-19-13-12(7-4-8-15-13)14(18)16(9-10-17)11-5-2-3-6-11/h4,7-8,11,17H,2-3,5-6,9-10H2,1H3. The van der Waals surface area contributed by atoms with Crippen LogP contribution in [0, 0.1) is 0 Å². The van der Waals surface area contributed by atoms with E-state index in [1.807, 2.05) is 0 Å². The Morgan fingerprint density at radius 1 is 1.53 bits per heavy atom. The van der Waals surface area contributed by atoms with E-state index in [9.17, 15) is 9.90 Å². The minimum absolute atomic E-state index is 0.0230. The lowest BCUT2D eigenvalue weighted by molar-refractivity contribution is 0.0634. The Morgan fingerprint density at radius 3 is 2.89 bits per heavy atom. The molecule has 1 saturated carbocycles. The molecule has 2 rings (SSSR count). The maximum Gasteiger partial charge on any atom is 0.259 e. The van der Waals surface area contributed by atoms with Gasteiger partial charge in [0.1, 0.15) is 5.56 Å². The van der Waals surface area contributed by atoms with Crippen LogP contribution in [0.3, 0.4) is 0 Å². The summed E-state index contributed by atoms with van der Waals surface area (Å²) in [6.07, 6.45) is 5.90. The summed E-state index contributed by atoms with van der Waals surface area (Å²) in [5, 5.41) is 9.18. The van der Waals surface area contributed by atoms with Crippen molar-refractivity contribution in [2.24, 2.45) is 0 Å². The zero-order valence-corrected chi connectivity index (χ0v) is 11.2. The molecule has 5 nitrogen and oxygen atoms in total. The van der Waals surface area contributed by atoms with E-state index >= 15 is 0 Å². The van der Waals surface area contributed by atoms with E-state index in [4.69, 9.17) is 4.74 Å². The highest BCUT2D eigenvalue weighted by molar-refractivity contribution is 5.96. The molecule has 1 aromatic heterocycles. The zero-order chi connectivity index (χ0) is 13.7. The Kier molecular flexibility index (Phi) is 4.74. The Labute approximate surface area is 113 Å². The Hall–Kier alpha value is -1.62. The first-order valence-electron chi connectivity index (χ1n) is 6.68. The van der Waals surface area contributed by atoms with E-state index in [2.05, 4.69) is 4.98 Å². The predicted molar refractivity (Wildman–Crippen MR) is 71.2 cm³/mol. The predicted octanol–water partition coefficient (Wildman–Crippen LogP) is 1.47. The number of aromatic nitrogens is 1. The average molecular weight is 264 g/mol. The van der Waals surface area contributed by atoms with Crippen molar-refractivity contribution >= 4 is 5.91 Å². The van der Waals surface area contributed by atoms with Crippen molar-refractivity contribution in [2.75, 3.05) is 20.3 Å². The number of carbonyl (C=O) groups excluding carboxylic acids is 1. The summed E-state index contributed by atoms with van der Waals surface area (Å²) >= 11 is 0. The first-order chi connectivity index (χ1) is 9.27. The summed E-state index contributed by atoms with van der Waals surface area (Å²) in [5.41, 5.74) is 0.463. The Balaban J connectivity index is 2.22. The number of hydrogen-bond donors (Lipinski definition) is 1. The van der Waals surface area contributed by atoms with E-state index in [-0.39, 0.29) is 18.6 Å². The van der Waals surface area contributed by atoms with Gasteiger partial charge in [0.2, 0.25) is 5.88 Å². The number of amides is 1. The van der Waals surface area contributed by atoms with Crippen LogP contribution in [-0.2, 0) is 0 Å². The number of nitrogens with zero attached hydrogens (tertiary/aromatic N) is 2. The van der Waals surface area contributed by atoms with Crippen LogP contribution in [0.4, 0.5) is 0 Å². The van der Waals surface area contributed by atoms with Crippen molar-refractivity contribution in [3.05, 3.63) is 23.9 Å². The van der Waals surface area contributed by atoms with E-state index in [0.717, 1.165) is 25.7 Å². The third kappa shape index (κ3) is 3.04. The molecule has 0 atom stereocenters. The molecule has 0 aliphatic heterocycles. The zero-order valence-electron chi connectivity index (χ0n) is 11.2. The number of pyridine rings is 1. The lowest BCUT2D eigenvalue weighted by atomic mass is 10.1. The molecule has 1 heterocycles. The third-order valence-electron chi connectivity index (χ3n) is 3.56. The maximum absolute atomic E-state index is 12.6. The fraction of sp³-hybridized carbons (Fsp3) is 0.571. The van der Waals surface area contributed by atoms with Crippen molar-refractivity contribution in [1.82, 2.24) is 9.88 Å². The van der Waals surface area contributed by atoms with Gasteiger partial charge in [-0.25, -0.2) is 4.98 Å². The first kappa shape index (κ1) is 13.8. The summed E-state index contributed by atoms with van der Waals surface area (Å²) in [6, 6.07) is 3.67. The number of aliphatic hydroxyl groups is 1. The number of ether oxygens (including phenoxy) is 1. The van der Waals surface area contributed by atoms with E-state index in [1.54, 1.807) is 23.2 Å². The quantitative estimate of drug-likeness (QED) is 0.874. The lowest BCUT2D eigenvalue weighted by Gasteiger charge is -2.28. The van der Waals surface area contributed by atoms with Gasteiger partial charge in [0.15, 0.2) is 0 Å². The minimum atomic E-state index is -0.106. The molecule has 5 heteroatoms. The molecule has 1 aromatic rings. The highest BCUT2D eigenvalue weighted by Gasteiger charge is 2.28. The van der Waals surface area contributed by atoms with Crippen molar-refractivity contribution in [3.63, 3.8) is 0 Å². The Morgan fingerprint density at radius 2 is 2.26 bits per heavy atom. The molecule has 0 aromatic carbocycles. The van der Waals surface area contributed by atoms with Crippen LogP contribution < -0.4 is 4.74 Å². The van der Waals surface area contributed by atoms with E-state index in [1.165, 1.54) is 7.11 Å². The fourth-order valence-electron chi connectivity index (χ4n) is 2.64. The third-order valence-corrected chi connectivity index (χ3v) is 3.56. The van der Waals surface area contributed by atoms with Crippen LogP contribution in [0.2, 0.25) is 0 Å². The van der Waals surface area contributed by atoms with Gasteiger partial charge in [0.25, 0.3) is 5.91 Å². The molecule has 1 aliphatic carbocycles. The summed E-state index contributed by atoms with van der Waals surface area (Å²) in [7, 11) is 1.51. The van der Waals surface area contributed by atoms with Crippen LogP contribution in [-0.4, -0.2) is 47.2 Å². The van der Waals surface area contributed by atoms with Crippen LogP contribution in [0.25, 0.3) is 0 Å². The molecule has 0 saturated heterocycles. The molecule has 104 valence electrons. The van der Waals surface area contributed by atoms with Gasteiger partial charge in [-0.15, -0.1) is 0 Å². The number of aliphatic hydroxyl groups excluding tert-OH is 1. The second-order valence-electron chi connectivity index (χ2n) is 4.72. The van der Waals surface area contributed by atoms with Crippen LogP contribution >= 0.6 is 0 Å². The monoisotopic (exact) mass is 264 g/mol. The van der Waals surface area contributed by atoms with Gasteiger partial charge in [-0.05, 0) is 25.0 Å². The molecule has 1 fully saturated rings. The molecule has 1 amide bonds. The van der Waals surface area contributed by atoms with Crippen molar-refractivity contribution in [3.8, 4) is 5.88 Å². The van der Waals surface area contributed by atoms with Crippen molar-refractivity contribution in [2.45, 2.75) is 31.7 Å². The van der Waals surface area contributed by atoms with Gasteiger partial charge in [-0.1, -0.05) is 12.8 Å². The summed E-state index contributed by atoms with van der Waals surface area (Å²) in [4.78, 5) is 18.4. The minimum Gasteiger partial charge on any atom is -0.480 e.